The van der Waals surface area contributed by atoms with Gasteiger partial charge in [0.05, 0.1) is 6.26 Å². The molecule has 0 amide bonds. The molecule has 0 spiro atoms. The summed E-state index contributed by atoms with van der Waals surface area (Å²) >= 11 is 0. The van der Waals surface area contributed by atoms with Gasteiger partial charge in [0, 0.05) is 31.2 Å². The number of benzene rings is 1. The highest BCUT2D eigenvalue weighted by molar-refractivity contribution is 6.08. The maximum atomic E-state index is 12.2. The van der Waals surface area contributed by atoms with Gasteiger partial charge in [0.1, 0.15) is 11.1 Å². The fourth-order valence-electron chi connectivity index (χ4n) is 2.08. The highest BCUT2D eigenvalue weighted by Gasteiger charge is 2.18. The smallest absolute Gasteiger partial charge is 0.347 e. The zero-order valence-corrected chi connectivity index (χ0v) is 11.6. The van der Waals surface area contributed by atoms with Gasteiger partial charge in [-0.2, -0.15) is 0 Å². The van der Waals surface area contributed by atoms with Crippen molar-refractivity contribution in [1.29, 1.82) is 0 Å². The molecule has 0 aliphatic rings. The average Bonchev–Trinajstić information content (AvgIpc) is 2.99. The molecule has 5 heteroatoms. The molecule has 3 aromatic rings. The second-order valence-electron chi connectivity index (χ2n) is 4.87. The molecular formula is C16H13NO4. The van der Waals surface area contributed by atoms with Gasteiger partial charge in [-0.05, 0) is 30.3 Å². The van der Waals surface area contributed by atoms with Gasteiger partial charge in [-0.15, -0.1) is 0 Å². The van der Waals surface area contributed by atoms with Crippen LogP contribution < -0.4 is 10.5 Å². The van der Waals surface area contributed by atoms with Crippen molar-refractivity contribution >= 4 is 22.4 Å². The predicted molar refractivity (Wildman–Crippen MR) is 79.0 cm³/mol. The largest absolute Gasteiger partial charge is 0.461 e. The molecule has 0 atom stereocenters. The minimum Gasteiger partial charge on any atom is -0.461 e. The van der Waals surface area contributed by atoms with Crippen molar-refractivity contribution in [3.8, 4) is 0 Å². The summed E-state index contributed by atoms with van der Waals surface area (Å²) < 4.78 is 10.3. The van der Waals surface area contributed by atoms with Gasteiger partial charge in [-0.25, -0.2) is 4.79 Å². The van der Waals surface area contributed by atoms with E-state index >= 15 is 0 Å². The second-order valence-corrected chi connectivity index (χ2v) is 4.87. The first-order valence-corrected chi connectivity index (χ1v) is 6.40. The topological polar surface area (TPSA) is 63.7 Å². The van der Waals surface area contributed by atoms with Crippen LogP contribution >= 0.6 is 0 Å². The van der Waals surface area contributed by atoms with Crippen LogP contribution in [0.4, 0.5) is 5.69 Å². The van der Waals surface area contributed by atoms with E-state index in [0.717, 1.165) is 5.69 Å². The molecule has 106 valence electrons. The number of carbonyl (C=O) groups excluding carboxylic acids is 1. The van der Waals surface area contributed by atoms with Gasteiger partial charge in [0.2, 0.25) is 5.78 Å². The third kappa shape index (κ3) is 2.33. The first kappa shape index (κ1) is 13.2. The van der Waals surface area contributed by atoms with Crippen molar-refractivity contribution in [3.05, 3.63) is 64.4 Å². The second kappa shape index (κ2) is 4.94. The molecule has 21 heavy (non-hydrogen) atoms. The summed E-state index contributed by atoms with van der Waals surface area (Å²) in [5.41, 5.74) is 0.660. The Hall–Kier alpha value is -2.82. The molecule has 0 N–H and O–H groups in total. The monoisotopic (exact) mass is 283 g/mol. The number of hydrogen-bond acceptors (Lipinski definition) is 5. The lowest BCUT2D eigenvalue weighted by molar-refractivity contribution is 0.101. The lowest BCUT2D eigenvalue weighted by Crippen LogP contribution is -2.14. The van der Waals surface area contributed by atoms with Crippen molar-refractivity contribution in [3.63, 3.8) is 0 Å². The van der Waals surface area contributed by atoms with E-state index in [1.165, 1.54) is 18.4 Å². The fourth-order valence-corrected chi connectivity index (χ4v) is 2.08. The first-order valence-electron chi connectivity index (χ1n) is 6.40. The Morgan fingerprint density at radius 2 is 1.95 bits per heavy atom. The van der Waals surface area contributed by atoms with E-state index in [2.05, 4.69) is 0 Å². The molecule has 0 saturated carbocycles. The summed E-state index contributed by atoms with van der Waals surface area (Å²) in [5.74, 6) is -0.362. The quantitative estimate of drug-likeness (QED) is 0.546. The summed E-state index contributed by atoms with van der Waals surface area (Å²) in [5, 5.41) is 0.690. The van der Waals surface area contributed by atoms with Crippen LogP contribution in [0.2, 0.25) is 0 Å². The van der Waals surface area contributed by atoms with Gasteiger partial charge >= 0.3 is 5.63 Å². The normalized spacial score (nSPS) is 10.8. The highest BCUT2D eigenvalue weighted by Crippen LogP contribution is 2.21. The molecule has 0 unspecified atom stereocenters. The zero-order chi connectivity index (χ0) is 15.0. The fraction of sp³-hybridized carbons (Fsp3) is 0.125. The van der Waals surface area contributed by atoms with Crippen LogP contribution in [0.25, 0.3) is 11.0 Å². The first-order chi connectivity index (χ1) is 10.1. The van der Waals surface area contributed by atoms with Crippen LogP contribution in [-0.2, 0) is 0 Å². The van der Waals surface area contributed by atoms with Crippen LogP contribution in [0, 0.1) is 0 Å². The number of fused-ring (bicyclic) bond motifs is 1. The van der Waals surface area contributed by atoms with Crippen molar-refractivity contribution in [2.75, 3.05) is 19.0 Å². The number of hydrogen-bond donors (Lipinski definition) is 0. The van der Waals surface area contributed by atoms with Crippen LogP contribution in [0.3, 0.4) is 0 Å². The Kier molecular flexibility index (Phi) is 3.10. The Labute approximate surface area is 120 Å². The zero-order valence-electron chi connectivity index (χ0n) is 11.6. The molecule has 5 nitrogen and oxygen atoms in total. The van der Waals surface area contributed by atoms with E-state index in [1.54, 1.807) is 12.1 Å². The minimum atomic E-state index is -0.667. The SMILES string of the molecule is CN(C)c1ccc2cc(C(=O)c3ccco3)c(=O)oc2c1. The Morgan fingerprint density at radius 3 is 2.62 bits per heavy atom. The predicted octanol–water partition coefficient (Wildman–Crippen LogP) is 2.68. The Morgan fingerprint density at radius 1 is 1.14 bits per heavy atom. The summed E-state index contributed by atoms with van der Waals surface area (Å²) in [6, 6.07) is 10.1. The lowest BCUT2D eigenvalue weighted by atomic mass is 10.1. The molecule has 0 aliphatic heterocycles. The molecule has 0 fully saturated rings. The van der Waals surface area contributed by atoms with E-state index < -0.39 is 11.4 Å². The van der Waals surface area contributed by atoms with E-state index in [4.69, 9.17) is 8.83 Å². The number of anilines is 1. The molecule has 0 aliphatic carbocycles. The van der Waals surface area contributed by atoms with E-state index in [9.17, 15) is 9.59 Å². The summed E-state index contributed by atoms with van der Waals surface area (Å²) in [4.78, 5) is 26.1. The summed E-state index contributed by atoms with van der Waals surface area (Å²) in [6.07, 6.45) is 1.39. The molecule has 3 rings (SSSR count). The van der Waals surface area contributed by atoms with Crippen LogP contribution in [0.5, 0.6) is 0 Å². The van der Waals surface area contributed by atoms with Crippen LogP contribution in [0.15, 0.2) is 56.3 Å². The summed E-state index contributed by atoms with van der Waals surface area (Å²) in [6.45, 7) is 0. The molecule has 0 saturated heterocycles. The van der Waals surface area contributed by atoms with Crippen molar-refractivity contribution in [1.82, 2.24) is 0 Å². The van der Waals surface area contributed by atoms with Gasteiger partial charge in [-0.3, -0.25) is 4.79 Å². The van der Waals surface area contributed by atoms with Gasteiger partial charge < -0.3 is 13.7 Å². The molecule has 0 bridgehead atoms. The van der Waals surface area contributed by atoms with Crippen molar-refractivity contribution in [2.45, 2.75) is 0 Å². The number of carbonyl (C=O) groups is 1. The molecule has 2 heterocycles. The van der Waals surface area contributed by atoms with E-state index in [0.29, 0.717) is 11.0 Å². The van der Waals surface area contributed by atoms with E-state index in [-0.39, 0.29) is 11.3 Å². The van der Waals surface area contributed by atoms with Crippen molar-refractivity contribution in [2.24, 2.45) is 0 Å². The number of ketones is 1. The van der Waals surface area contributed by atoms with Gasteiger partial charge in [0.15, 0.2) is 5.76 Å². The molecular weight excluding hydrogens is 270 g/mol. The standard InChI is InChI=1S/C16H13NO4/c1-17(2)11-6-5-10-8-12(16(19)21-14(10)9-11)15(18)13-4-3-7-20-13/h3-9H,1-2H3. The molecule has 1 aromatic carbocycles. The average molecular weight is 283 g/mol. The Bertz CT molecular complexity index is 860. The minimum absolute atomic E-state index is 0.0324. The molecule has 2 aromatic heterocycles. The Balaban J connectivity index is 2.14. The maximum absolute atomic E-state index is 12.2. The number of furan rings is 1. The van der Waals surface area contributed by atoms with Crippen LogP contribution in [-0.4, -0.2) is 19.9 Å². The van der Waals surface area contributed by atoms with Crippen LogP contribution in [0.1, 0.15) is 16.1 Å². The van der Waals surface area contributed by atoms with Gasteiger partial charge in [-0.1, -0.05) is 0 Å². The van der Waals surface area contributed by atoms with Gasteiger partial charge in [0.25, 0.3) is 0 Å². The highest BCUT2D eigenvalue weighted by atomic mass is 16.4. The molecule has 0 radical (unpaired) electrons. The third-order valence-corrected chi connectivity index (χ3v) is 3.23. The lowest BCUT2D eigenvalue weighted by Gasteiger charge is -2.12. The number of nitrogens with zero attached hydrogens (tertiary/aromatic N) is 1. The van der Waals surface area contributed by atoms with Crippen molar-refractivity contribution < 1.29 is 13.6 Å². The van der Waals surface area contributed by atoms with E-state index in [1.807, 2.05) is 31.1 Å². The third-order valence-electron chi connectivity index (χ3n) is 3.23. The number of rotatable bonds is 3. The maximum Gasteiger partial charge on any atom is 0.347 e. The summed E-state index contributed by atoms with van der Waals surface area (Å²) in [7, 11) is 3.79.